The largest absolute Gasteiger partial charge is 0.398 e. The molecule has 1 saturated heterocycles. The van der Waals surface area contributed by atoms with Crippen LogP contribution in [0.15, 0.2) is 22.7 Å². The molecule has 0 unspecified atom stereocenters. The zero-order chi connectivity index (χ0) is 13.3. The minimum absolute atomic E-state index is 0.0689. The minimum Gasteiger partial charge on any atom is -0.398 e. The van der Waals surface area contributed by atoms with Gasteiger partial charge in [-0.25, -0.2) is 0 Å². The number of piperazine rings is 1. The van der Waals surface area contributed by atoms with Crippen molar-refractivity contribution in [3.63, 3.8) is 0 Å². The Labute approximate surface area is 116 Å². The van der Waals surface area contributed by atoms with Crippen LogP contribution in [0, 0.1) is 0 Å². The van der Waals surface area contributed by atoms with E-state index in [1.54, 1.807) is 0 Å². The number of halogens is 1. The third-order valence-corrected chi connectivity index (χ3v) is 4.26. The lowest BCUT2D eigenvalue weighted by Gasteiger charge is -2.41. The van der Waals surface area contributed by atoms with Crippen molar-refractivity contribution in [1.82, 2.24) is 10.2 Å². The second kappa shape index (κ2) is 4.90. The molecule has 0 radical (unpaired) electrons. The quantitative estimate of drug-likeness (QED) is 0.818. The molecule has 3 N–H and O–H groups in total. The average molecular weight is 312 g/mol. The zero-order valence-electron chi connectivity index (χ0n) is 10.7. The van der Waals surface area contributed by atoms with Crippen LogP contribution >= 0.6 is 15.9 Å². The van der Waals surface area contributed by atoms with Crippen LogP contribution in [0.3, 0.4) is 0 Å². The van der Waals surface area contributed by atoms with Crippen LogP contribution in [0.4, 0.5) is 5.69 Å². The van der Waals surface area contributed by atoms with Crippen LogP contribution in [0.5, 0.6) is 0 Å². The van der Waals surface area contributed by atoms with Gasteiger partial charge in [0.1, 0.15) is 0 Å². The molecule has 1 heterocycles. The number of nitrogens with two attached hydrogens (primary N) is 1. The zero-order valence-corrected chi connectivity index (χ0v) is 12.3. The van der Waals surface area contributed by atoms with Crippen molar-refractivity contribution in [1.29, 1.82) is 0 Å². The SMILES string of the molecule is CC1(C)C(=O)NCCN1Cc1c(N)cccc1Br. The van der Waals surface area contributed by atoms with Crippen LogP contribution in [0.2, 0.25) is 0 Å². The van der Waals surface area contributed by atoms with E-state index in [-0.39, 0.29) is 5.91 Å². The van der Waals surface area contributed by atoms with E-state index in [1.165, 1.54) is 0 Å². The highest BCUT2D eigenvalue weighted by molar-refractivity contribution is 9.10. The third kappa shape index (κ3) is 2.37. The Morgan fingerprint density at radius 3 is 2.89 bits per heavy atom. The van der Waals surface area contributed by atoms with E-state index in [4.69, 9.17) is 5.73 Å². The van der Waals surface area contributed by atoms with Gasteiger partial charge < -0.3 is 11.1 Å². The van der Waals surface area contributed by atoms with E-state index in [2.05, 4.69) is 26.1 Å². The number of amides is 1. The summed E-state index contributed by atoms with van der Waals surface area (Å²) in [7, 11) is 0. The first-order valence-electron chi connectivity index (χ1n) is 5.99. The van der Waals surface area contributed by atoms with Gasteiger partial charge in [0.2, 0.25) is 5.91 Å². The Bertz CT molecular complexity index is 453. The number of anilines is 1. The second-order valence-electron chi connectivity index (χ2n) is 5.04. The Balaban J connectivity index is 2.26. The molecule has 1 aromatic carbocycles. The van der Waals surface area contributed by atoms with Gasteiger partial charge in [-0.2, -0.15) is 0 Å². The Morgan fingerprint density at radius 1 is 1.50 bits per heavy atom. The van der Waals surface area contributed by atoms with Gasteiger partial charge >= 0.3 is 0 Å². The fourth-order valence-corrected chi connectivity index (χ4v) is 2.66. The number of hydrogen-bond donors (Lipinski definition) is 2. The molecule has 1 aliphatic heterocycles. The van der Waals surface area contributed by atoms with Crippen molar-refractivity contribution in [2.24, 2.45) is 0 Å². The van der Waals surface area contributed by atoms with Gasteiger partial charge in [-0.05, 0) is 26.0 Å². The second-order valence-corrected chi connectivity index (χ2v) is 5.90. The first-order valence-corrected chi connectivity index (χ1v) is 6.78. The summed E-state index contributed by atoms with van der Waals surface area (Å²) in [6, 6.07) is 5.77. The Kier molecular flexibility index (Phi) is 3.64. The highest BCUT2D eigenvalue weighted by Crippen LogP contribution is 2.28. The van der Waals surface area contributed by atoms with Gasteiger partial charge in [-0.1, -0.05) is 22.0 Å². The summed E-state index contributed by atoms with van der Waals surface area (Å²) in [5, 5.41) is 2.89. The minimum atomic E-state index is -0.500. The lowest BCUT2D eigenvalue weighted by atomic mass is 9.97. The monoisotopic (exact) mass is 311 g/mol. The fraction of sp³-hybridized carbons (Fsp3) is 0.462. The van der Waals surface area contributed by atoms with E-state index < -0.39 is 5.54 Å². The molecule has 0 saturated carbocycles. The molecule has 0 bridgehead atoms. The lowest BCUT2D eigenvalue weighted by molar-refractivity contribution is -0.135. The van der Waals surface area contributed by atoms with Crippen molar-refractivity contribution in [3.05, 3.63) is 28.2 Å². The average Bonchev–Trinajstić information content (AvgIpc) is 2.29. The molecule has 1 amide bonds. The summed E-state index contributed by atoms with van der Waals surface area (Å²) in [6.45, 7) is 6.07. The van der Waals surface area contributed by atoms with Crippen molar-refractivity contribution < 1.29 is 4.79 Å². The number of rotatable bonds is 2. The summed E-state index contributed by atoms with van der Waals surface area (Å²) in [5.41, 5.74) is 7.30. The number of nitrogens with zero attached hydrogens (tertiary/aromatic N) is 1. The van der Waals surface area contributed by atoms with Crippen LogP contribution in [-0.2, 0) is 11.3 Å². The molecule has 0 aromatic heterocycles. The van der Waals surface area contributed by atoms with Gasteiger partial charge in [-0.15, -0.1) is 0 Å². The summed E-state index contributed by atoms with van der Waals surface area (Å²) in [6.07, 6.45) is 0. The highest BCUT2D eigenvalue weighted by Gasteiger charge is 2.37. The van der Waals surface area contributed by atoms with Crippen LogP contribution in [-0.4, -0.2) is 29.4 Å². The van der Waals surface area contributed by atoms with Crippen molar-refractivity contribution in [3.8, 4) is 0 Å². The highest BCUT2D eigenvalue weighted by atomic mass is 79.9. The van der Waals surface area contributed by atoms with E-state index in [9.17, 15) is 4.79 Å². The lowest BCUT2D eigenvalue weighted by Crippen LogP contribution is -2.61. The summed E-state index contributed by atoms with van der Waals surface area (Å²) in [4.78, 5) is 14.0. The number of nitrogen functional groups attached to an aromatic ring is 1. The maximum absolute atomic E-state index is 11.9. The molecule has 0 aliphatic carbocycles. The maximum atomic E-state index is 11.9. The summed E-state index contributed by atoms with van der Waals surface area (Å²) in [5.74, 6) is 0.0689. The smallest absolute Gasteiger partial charge is 0.240 e. The molecule has 5 heteroatoms. The molecule has 1 fully saturated rings. The molecular weight excluding hydrogens is 294 g/mol. The topological polar surface area (TPSA) is 58.4 Å². The first-order chi connectivity index (χ1) is 8.43. The van der Waals surface area contributed by atoms with Gasteiger partial charge in [0.25, 0.3) is 0 Å². The molecule has 98 valence electrons. The van der Waals surface area contributed by atoms with Gasteiger partial charge in [0.05, 0.1) is 5.54 Å². The number of carbonyl (C=O) groups excluding carboxylic acids is 1. The maximum Gasteiger partial charge on any atom is 0.240 e. The van der Waals surface area contributed by atoms with Gasteiger partial charge in [0, 0.05) is 35.4 Å². The van der Waals surface area contributed by atoms with Crippen molar-refractivity contribution >= 4 is 27.5 Å². The molecule has 18 heavy (non-hydrogen) atoms. The van der Waals surface area contributed by atoms with E-state index >= 15 is 0 Å². The number of benzene rings is 1. The first kappa shape index (κ1) is 13.4. The number of carbonyl (C=O) groups is 1. The molecule has 1 aromatic rings. The van der Waals surface area contributed by atoms with Crippen molar-refractivity contribution in [2.75, 3.05) is 18.8 Å². The van der Waals surface area contributed by atoms with Gasteiger partial charge in [-0.3, -0.25) is 9.69 Å². The Hall–Kier alpha value is -1.07. The van der Waals surface area contributed by atoms with Crippen LogP contribution in [0.25, 0.3) is 0 Å². The Morgan fingerprint density at radius 2 is 2.22 bits per heavy atom. The molecule has 2 rings (SSSR count). The standard InChI is InChI=1S/C13H18BrN3O/c1-13(2)12(18)16-6-7-17(13)8-9-10(14)4-3-5-11(9)15/h3-5H,6-8,15H2,1-2H3,(H,16,18). The number of nitrogens with one attached hydrogen (secondary N) is 1. The predicted octanol–water partition coefficient (Wildman–Crippen LogP) is 1.74. The van der Waals surface area contributed by atoms with E-state index in [0.717, 1.165) is 22.3 Å². The van der Waals surface area contributed by atoms with Crippen LogP contribution in [0.1, 0.15) is 19.4 Å². The fourth-order valence-electron chi connectivity index (χ4n) is 2.15. The molecule has 0 atom stereocenters. The molecular formula is C13H18BrN3O. The van der Waals surface area contributed by atoms with Gasteiger partial charge in [0.15, 0.2) is 0 Å². The summed E-state index contributed by atoms with van der Waals surface area (Å²) < 4.78 is 0.990. The molecule has 4 nitrogen and oxygen atoms in total. The molecule has 1 aliphatic rings. The molecule has 0 spiro atoms. The van der Waals surface area contributed by atoms with E-state index in [1.807, 2.05) is 32.0 Å². The van der Waals surface area contributed by atoms with Crippen LogP contribution < -0.4 is 11.1 Å². The third-order valence-electron chi connectivity index (χ3n) is 3.52. The van der Waals surface area contributed by atoms with Crippen molar-refractivity contribution in [2.45, 2.75) is 25.9 Å². The number of hydrogen-bond acceptors (Lipinski definition) is 3. The van der Waals surface area contributed by atoms with E-state index in [0.29, 0.717) is 13.1 Å². The normalized spacial score (nSPS) is 19.6. The predicted molar refractivity (Wildman–Crippen MR) is 76.1 cm³/mol. The summed E-state index contributed by atoms with van der Waals surface area (Å²) >= 11 is 3.52.